The molecule has 0 saturated heterocycles. The highest BCUT2D eigenvalue weighted by atomic mass is 16.4. The summed E-state index contributed by atoms with van der Waals surface area (Å²) in [5.41, 5.74) is 5.29. The second kappa shape index (κ2) is 8.48. The molecule has 80 valence electrons. The van der Waals surface area contributed by atoms with Crippen LogP contribution in [0.2, 0.25) is 0 Å². The largest absolute Gasteiger partial charge is 0.480 e. The molecule has 0 aromatic heterocycles. The van der Waals surface area contributed by atoms with Gasteiger partial charge in [0.25, 0.3) is 0 Å². The lowest BCUT2D eigenvalue weighted by atomic mass is 10.1. The number of carboxylic acid groups (broad SMARTS) is 1. The summed E-state index contributed by atoms with van der Waals surface area (Å²) in [6.07, 6.45) is 2.37. The normalized spacial score (nSPS) is 12.0. The van der Waals surface area contributed by atoms with Gasteiger partial charge in [0.05, 0.1) is 6.07 Å². The minimum absolute atomic E-state index is 0.455. The van der Waals surface area contributed by atoms with Gasteiger partial charge in [-0.25, -0.2) is 0 Å². The zero-order valence-electron chi connectivity index (χ0n) is 8.20. The number of aliphatic carboxylic acids is 1. The van der Waals surface area contributed by atoms with Crippen LogP contribution < -0.4 is 11.1 Å². The fourth-order valence-corrected chi connectivity index (χ4v) is 1.08. The number of carboxylic acids is 1. The highest BCUT2D eigenvalue weighted by Gasteiger charge is 2.14. The third-order valence-electron chi connectivity index (χ3n) is 1.85. The Morgan fingerprint density at radius 1 is 1.57 bits per heavy atom. The van der Waals surface area contributed by atoms with Gasteiger partial charge in [-0.2, -0.15) is 5.26 Å². The molecular formula is C9H17N3O2. The van der Waals surface area contributed by atoms with Crippen molar-refractivity contribution in [3.8, 4) is 6.07 Å². The first kappa shape index (κ1) is 12.9. The fourth-order valence-electron chi connectivity index (χ4n) is 1.08. The first-order chi connectivity index (χ1) is 6.72. The topological polar surface area (TPSA) is 99.1 Å². The molecule has 0 aliphatic carbocycles. The van der Waals surface area contributed by atoms with Gasteiger partial charge in [-0.15, -0.1) is 0 Å². The zero-order chi connectivity index (χ0) is 10.8. The van der Waals surface area contributed by atoms with Crippen LogP contribution in [0.25, 0.3) is 0 Å². The van der Waals surface area contributed by atoms with Crippen molar-refractivity contribution < 1.29 is 9.90 Å². The fraction of sp³-hybridized carbons (Fsp3) is 0.778. The van der Waals surface area contributed by atoms with Crippen LogP contribution in [-0.4, -0.2) is 30.2 Å². The van der Waals surface area contributed by atoms with Crippen molar-refractivity contribution in [3.05, 3.63) is 0 Å². The van der Waals surface area contributed by atoms with Crippen molar-refractivity contribution in [2.45, 2.75) is 31.7 Å². The lowest BCUT2D eigenvalue weighted by Crippen LogP contribution is -2.37. The maximum atomic E-state index is 10.7. The molecule has 14 heavy (non-hydrogen) atoms. The van der Waals surface area contributed by atoms with Gasteiger partial charge in [-0.3, -0.25) is 4.79 Å². The summed E-state index contributed by atoms with van der Waals surface area (Å²) >= 11 is 0. The lowest BCUT2D eigenvalue weighted by molar-refractivity contribution is -0.139. The van der Waals surface area contributed by atoms with Crippen LogP contribution in [0.15, 0.2) is 0 Å². The van der Waals surface area contributed by atoms with E-state index in [4.69, 9.17) is 16.1 Å². The second-order valence-electron chi connectivity index (χ2n) is 3.04. The molecule has 0 saturated carbocycles. The van der Waals surface area contributed by atoms with Gasteiger partial charge in [-0.05, 0) is 32.4 Å². The van der Waals surface area contributed by atoms with Gasteiger partial charge in [-0.1, -0.05) is 0 Å². The van der Waals surface area contributed by atoms with Gasteiger partial charge in [0.2, 0.25) is 0 Å². The molecule has 4 N–H and O–H groups in total. The van der Waals surface area contributed by atoms with Gasteiger partial charge in [0.15, 0.2) is 0 Å². The Labute approximate surface area is 83.9 Å². The van der Waals surface area contributed by atoms with E-state index in [-0.39, 0.29) is 0 Å². The van der Waals surface area contributed by atoms with Crippen molar-refractivity contribution in [2.75, 3.05) is 13.1 Å². The first-order valence-electron chi connectivity index (χ1n) is 4.75. The van der Waals surface area contributed by atoms with Crippen molar-refractivity contribution >= 4 is 5.97 Å². The molecule has 0 fully saturated rings. The Hall–Kier alpha value is -1.12. The minimum Gasteiger partial charge on any atom is -0.480 e. The number of unbranched alkanes of at least 4 members (excludes halogenated alkanes) is 1. The summed E-state index contributed by atoms with van der Waals surface area (Å²) < 4.78 is 0. The van der Waals surface area contributed by atoms with Gasteiger partial charge < -0.3 is 16.2 Å². The summed E-state index contributed by atoms with van der Waals surface area (Å²) in [4.78, 5) is 10.7. The van der Waals surface area contributed by atoms with E-state index >= 15 is 0 Å². The molecule has 0 aromatic carbocycles. The molecule has 0 heterocycles. The van der Waals surface area contributed by atoms with Gasteiger partial charge in [0.1, 0.15) is 6.04 Å². The van der Waals surface area contributed by atoms with E-state index in [2.05, 4.69) is 5.32 Å². The van der Waals surface area contributed by atoms with Crippen molar-refractivity contribution in [1.82, 2.24) is 5.32 Å². The smallest absolute Gasteiger partial charge is 0.320 e. The molecule has 0 radical (unpaired) electrons. The zero-order valence-corrected chi connectivity index (χ0v) is 8.20. The van der Waals surface area contributed by atoms with Crippen LogP contribution in [0.3, 0.4) is 0 Å². The summed E-state index contributed by atoms with van der Waals surface area (Å²) in [6, 6.07) is 1.48. The van der Waals surface area contributed by atoms with Crippen LogP contribution in [0.5, 0.6) is 0 Å². The van der Waals surface area contributed by atoms with E-state index in [1.54, 1.807) is 0 Å². The first-order valence-corrected chi connectivity index (χ1v) is 4.75. The summed E-state index contributed by atoms with van der Waals surface area (Å²) in [5.74, 6) is -0.851. The molecule has 5 heteroatoms. The Bertz CT molecular complexity index is 201. The Morgan fingerprint density at radius 2 is 2.29 bits per heavy atom. The minimum atomic E-state index is -0.851. The van der Waals surface area contributed by atoms with Crippen molar-refractivity contribution in [2.24, 2.45) is 5.73 Å². The predicted octanol–water partition coefficient (Wildman–Crippen LogP) is 0.0719. The molecule has 0 bridgehead atoms. The van der Waals surface area contributed by atoms with Crippen LogP contribution in [0.1, 0.15) is 25.7 Å². The highest BCUT2D eigenvalue weighted by Crippen LogP contribution is 1.97. The Balaban J connectivity index is 3.63. The monoisotopic (exact) mass is 199 g/mol. The van der Waals surface area contributed by atoms with Crippen LogP contribution in [-0.2, 0) is 4.79 Å². The SMILES string of the molecule is N#CCCCN[C@H](CCCN)C(=O)O. The van der Waals surface area contributed by atoms with Crippen molar-refractivity contribution in [3.63, 3.8) is 0 Å². The molecular weight excluding hydrogens is 182 g/mol. The third kappa shape index (κ3) is 6.40. The molecule has 5 nitrogen and oxygen atoms in total. The summed E-state index contributed by atoms with van der Waals surface area (Å²) in [5, 5.41) is 19.9. The lowest BCUT2D eigenvalue weighted by Gasteiger charge is -2.12. The molecule has 0 spiro atoms. The van der Waals surface area contributed by atoms with E-state index < -0.39 is 12.0 Å². The molecule has 0 aliphatic rings. The number of carbonyl (C=O) groups is 1. The average Bonchev–Trinajstić information content (AvgIpc) is 2.16. The standard InChI is InChI=1S/C9H17N3O2/c10-5-1-2-7-12-8(9(13)14)4-3-6-11/h8,12H,1-4,6-7,11H2,(H,13,14)/t8-/m1/s1. The number of nitrogens with zero attached hydrogens (tertiary/aromatic N) is 1. The summed E-state index contributed by atoms with van der Waals surface area (Å²) in [7, 11) is 0. The number of nitrogens with one attached hydrogen (secondary N) is 1. The van der Waals surface area contributed by atoms with E-state index in [1.807, 2.05) is 6.07 Å². The molecule has 0 amide bonds. The van der Waals surface area contributed by atoms with E-state index in [0.717, 1.165) is 0 Å². The van der Waals surface area contributed by atoms with E-state index in [9.17, 15) is 4.79 Å². The maximum absolute atomic E-state index is 10.7. The van der Waals surface area contributed by atoms with E-state index in [1.165, 1.54) is 0 Å². The number of nitriles is 1. The maximum Gasteiger partial charge on any atom is 0.320 e. The molecule has 1 atom stereocenters. The number of rotatable bonds is 8. The van der Waals surface area contributed by atoms with Crippen LogP contribution in [0.4, 0.5) is 0 Å². The number of hydrogen-bond donors (Lipinski definition) is 3. The molecule has 0 aliphatic heterocycles. The van der Waals surface area contributed by atoms with Gasteiger partial charge in [0, 0.05) is 6.42 Å². The molecule has 0 rings (SSSR count). The van der Waals surface area contributed by atoms with Gasteiger partial charge >= 0.3 is 5.97 Å². The van der Waals surface area contributed by atoms with Crippen molar-refractivity contribution in [1.29, 1.82) is 5.26 Å². The molecule has 0 unspecified atom stereocenters. The van der Waals surface area contributed by atoms with Crippen LogP contribution >= 0.6 is 0 Å². The predicted molar refractivity (Wildman–Crippen MR) is 52.6 cm³/mol. The van der Waals surface area contributed by atoms with E-state index in [0.29, 0.717) is 38.8 Å². The second-order valence-corrected chi connectivity index (χ2v) is 3.04. The number of hydrogen-bond acceptors (Lipinski definition) is 4. The Kier molecular flexibility index (Phi) is 7.80. The van der Waals surface area contributed by atoms with Crippen LogP contribution in [0, 0.1) is 11.3 Å². The third-order valence-corrected chi connectivity index (χ3v) is 1.85. The number of nitrogens with two attached hydrogens (primary N) is 1. The highest BCUT2D eigenvalue weighted by molar-refractivity contribution is 5.73. The average molecular weight is 199 g/mol. The quantitative estimate of drug-likeness (QED) is 0.480. The summed E-state index contributed by atoms with van der Waals surface area (Å²) in [6.45, 7) is 1.07. The Morgan fingerprint density at radius 3 is 2.79 bits per heavy atom. The molecule has 0 aromatic rings.